The van der Waals surface area contributed by atoms with Gasteiger partial charge in [-0.05, 0) is 56.9 Å². The van der Waals surface area contributed by atoms with Gasteiger partial charge in [0.05, 0.1) is 6.61 Å². The van der Waals surface area contributed by atoms with Crippen molar-refractivity contribution in [1.82, 2.24) is 0 Å². The zero-order valence-corrected chi connectivity index (χ0v) is 11.8. The Bertz CT molecular complexity index is 416. The molecule has 3 nitrogen and oxygen atoms in total. The van der Waals surface area contributed by atoms with Gasteiger partial charge in [-0.3, -0.25) is 4.79 Å². The van der Waals surface area contributed by atoms with Crippen molar-refractivity contribution in [3.05, 3.63) is 29.8 Å². The molecular formula is C16H22O3. The Kier molecular flexibility index (Phi) is 4.59. The molecule has 1 aliphatic rings. The van der Waals surface area contributed by atoms with Crippen LogP contribution in [0.2, 0.25) is 0 Å². The van der Waals surface area contributed by atoms with E-state index in [2.05, 4.69) is 6.92 Å². The number of ketones is 1. The molecule has 104 valence electrons. The van der Waals surface area contributed by atoms with Gasteiger partial charge in [-0.25, -0.2) is 0 Å². The summed E-state index contributed by atoms with van der Waals surface area (Å²) < 4.78 is 11.2. The molecule has 0 saturated carbocycles. The molecule has 1 saturated heterocycles. The number of Topliss-reactive ketones (excluding diaryl/α,β-unsaturated/α-hetero) is 1. The van der Waals surface area contributed by atoms with E-state index in [9.17, 15) is 4.79 Å². The second-order valence-corrected chi connectivity index (χ2v) is 5.24. The number of carbonyl (C=O) groups excluding carboxylic acids is 1. The molecule has 0 aliphatic carbocycles. The minimum Gasteiger partial charge on any atom is -0.494 e. The zero-order valence-electron chi connectivity index (χ0n) is 11.8. The third-order valence-electron chi connectivity index (χ3n) is 3.54. The van der Waals surface area contributed by atoms with Crippen LogP contribution in [0.4, 0.5) is 0 Å². The summed E-state index contributed by atoms with van der Waals surface area (Å²) in [5.41, 5.74) is 0.0533. The largest absolute Gasteiger partial charge is 0.494 e. The molecular weight excluding hydrogens is 240 g/mol. The van der Waals surface area contributed by atoms with Gasteiger partial charge in [-0.15, -0.1) is 0 Å². The first-order valence-electron chi connectivity index (χ1n) is 7.07. The molecule has 1 aromatic rings. The summed E-state index contributed by atoms with van der Waals surface area (Å²) in [7, 11) is 0. The summed E-state index contributed by atoms with van der Waals surface area (Å²) >= 11 is 0. The first-order chi connectivity index (χ1) is 9.15. The zero-order chi connectivity index (χ0) is 13.7. The minimum atomic E-state index is -0.649. The van der Waals surface area contributed by atoms with Crippen molar-refractivity contribution in [2.45, 2.75) is 45.1 Å². The van der Waals surface area contributed by atoms with E-state index < -0.39 is 5.60 Å². The van der Waals surface area contributed by atoms with E-state index in [-0.39, 0.29) is 5.78 Å². The third-order valence-corrected chi connectivity index (χ3v) is 3.54. The van der Waals surface area contributed by atoms with Gasteiger partial charge in [0, 0.05) is 12.2 Å². The maximum absolute atomic E-state index is 12.5. The van der Waals surface area contributed by atoms with Crippen LogP contribution in [0.1, 0.15) is 49.9 Å². The topological polar surface area (TPSA) is 35.5 Å². The summed E-state index contributed by atoms with van der Waals surface area (Å²) in [5.74, 6) is 0.891. The van der Waals surface area contributed by atoms with Crippen LogP contribution in [-0.2, 0) is 4.74 Å². The lowest BCUT2D eigenvalue weighted by Crippen LogP contribution is -2.41. The fourth-order valence-electron chi connectivity index (χ4n) is 2.34. The smallest absolute Gasteiger partial charge is 0.194 e. The number of carbonyl (C=O) groups is 1. The molecule has 2 rings (SSSR count). The second kappa shape index (κ2) is 6.20. The van der Waals surface area contributed by atoms with Gasteiger partial charge in [-0.2, -0.15) is 0 Å². The summed E-state index contributed by atoms with van der Waals surface area (Å²) in [6, 6.07) is 7.37. The van der Waals surface area contributed by atoms with E-state index in [0.29, 0.717) is 18.8 Å². The van der Waals surface area contributed by atoms with Gasteiger partial charge in [0.2, 0.25) is 0 Å². The predicted molar refractivity (Wildman–Crippen MR) is 74.8 cm³/mol. The first kappa shape index (κ1) is 14.1. The molecule has 0 bridgehead atoms. The molecule has 19 heavy (non-hydrogen) atoms. The van der Waals surface area contributed by atoms with Crippen LogP contribution < -0.4 is 4.74 Å². The van der Waals surface area contributed by atoms with Gasteiger partial charge in [0.15, 0.2) is 5.78 Å². The van der Waals surface area contributed by atoms with Gasteiger partial charge < -0.3 is 9.47 Å². The lowest BCUT2D eigenvalue weighted by atomic mass is 9.88. The molecule has 1 heterocycles. The van der Waals surface area contributed by atoms with Crippen molar-refractivity contribution in [2.24, 2.45) is 0 Å². The van der Waals surface area contributed by atoms with Crippen LogP contribution in [0.5, 0.6) is 5.75 Å². The first-order valence-corrected chi connectivity index (χ1v) is 7.07. The quantitative estimate of drug-likeness (QED) is 0.760. The Balaban J connectivity index is 2.06. The Hall–Kier alpha value is -1.35. The highest BCUT2D eigenvalue weighted by atomic mass is 16.5. The molecule has 1 aliphatic heterocycles. The van der Waals surface area contributed by atoms with Crippen LogP contribution in [0.3, 0.4) is 0 Å². The van der Waals surface area contributed by atoms with E-state index in [1.165, 1.54) is 0 Å². The average Bonchev–Trinajstić information content (AvgIpc) is 2.46. The number of benzene rings is 1. The number of hydrogen-bond acceptors (Lipinski definition) is 3. The molecule has 3 heteroatoms. The Morgan fingerprint density at radius 3 is 2.63 bits per heavy atom. The van der Waals surface area contributed by atoms with E-state index >= 15 is 0 Å². The fraction of sp³-hybridized carbons (Fsp3) is 0.562. The molecule has 0 radical (unpaired) electrons. The van der Waals surface area contributed by atoms with E-state index in [1.54, 1.807) is 0 Å². The van der Waals surface area contributed by atoms with Gasteiger partial charge in [0.1, 0.15) is 11.4 Å². The average molecular weight is 262 g/mol. The summed E-state index contributed by atoms with van der Waals surface area (Å²) in [6.07, 6.45) is 3.89. The normalized spacial score (nSPS) is 23.1. The van der Waals surface area contributed by atoms with Crippen LogP contribution in [-0.4, -0.2) is 24.6 Å². The lowest BCUT2D eigenvalue weighted by molar-refractivity contribution is -0.0426. The Morgan fingerprint density at radius 1 is 1.32 bits per heavy atom. The van der Waals surface area contributed by atoms with Crippen molar-refractivity contribution in [3.63, 3.8) is 0 Å². The monoisotopic (exact) mass is 262 g/mol. The van der Waals surface area contributed by atoms with Crippen molar-refractivity contribution >= 4 is 5.78 Å². The minimum absolute atomic E-state index is 0.0780. The van der Waals surface area contributed by atoms with Crippen molar-refractivity contribution < 1.29 is 14.3 Å². The van der Waals surface area contributed by atoms with Crippen molar-refractivity contribution in [3.8, 4) is 5.75 Å². The molecule has 0 spiro atoms. The maximum Gasteiger partial charge on any atom is 0.194 e. The van der Waals surface area contributed by atoms with Crippen LogP contribution in [0.15, 0.2) is 24.3 Å². The summed E-state index contributed by atoms with van der Waals surface area (Å²) in [5, 5.41) is 0. The SMILES string of the molecule is CCCOc1ccc(C(=O)C2(C)CCCCO2)cc1. The van der Waals surface area contributed by atoms with Gasteiger partial charge in [-0.1, -0.05) is 6.92 Å². The van der Waals surface area contributed by atoms with E-state index in [0.717, 1.165) is 31.4 Å². The Labute approximate surface area is 114 Å². The van der Waals surface area contributed by atoms with Crippen LogP contribution >= 0.6 is 0 Å². The molecule has 1 fully saturated rings. The van der Waals surface area contributed by atoms with Gasteiger partial charge in [0.25, 0.3) is 0 Å². The summed E-state index contributed by atoms with van der Waals surface area (Å²) in [6.45, 7) is 5.35. The molecule has 0 amide bonds. The van der Waals surface area contributed by atoms with E-state index in [1.807, 2.05) is 31.2 Å². The Morgan fingerprint density at radius 2 is 2.05 bits per heavy atom. The third kappa shape index (κ3) is 3.35. The standard InChI is InChI=1S/C16H22O3/c1-3-11-18-14-8-6-13(7-9-14)15(17)16(2)10-4-5-12-19-16/h6-9H,3-5,10-12H2,1-2H3. The van der Waals surface area contributed by atoms with Crippen molar-refractivity contribution in [1.29, 1.82) is 0 Å². The molecule has 1 unspecified atom stereocenters. The maximum atomic E-state index is 12.5. The molecule has 0 aromatic heterocycles. The highest BCUT2D eigenvalue weighted by Crippen LogP contribution is 2.28. The second-order valence-electron chi connectivity index (χ2n) is 5.24. The predicted octanol–water partition coefficient (Wildman–Crippen LogP) is 3.62. The number of rotatable bonds is 5. The van der Waals surface area contributed by atoms with Gasteiger partial charge >= 0.3 is 0 Å². The highest BCUT2D eigenvalue weighted by molar-refractivity contribution is 6.02. The number of hydrogen-bond donors (Lipinski definition) is 0. The molecule has 1 aromatic carbocycles. The van der Waals surface area contributed by atoms with E-state index in [4.69, 9.17) is 9.47 Å². The van der Waals surface area contributed by atoms with Crippen LogP contribution in [0, 0.1) is 0 Å². The van der Waals surface area contributed by atoms with Crippen LogP contribution in [0.25, 0.3) is 0 Å². The fourth-order valence-corrected chi connectivity index (χ4v) is 2.34. The summed E-state index contributed by atoms with van der Waals surface area (Å²) in [4.78, 5) is 12.5. The lowest BCUT2D eigenvalue weighted by Gasteiger charge is -2.32. The molecule has 0 N–H and O–H groups in total. The van der Waals surface area contributed by atoms with Crippen molar-refractivity contribution in [2.75, 3.05) is 13.2 Å². The molecule has 1 atom stereocenters. The number of ether oxygens (including phenoxy) is 2. The highest BCUT2D eigenvalue weighted by Gasteiger charge is 2.36.